The Labute approximate surface area is 192 Å². The zero-order valence-corrected chi connectivity index (χ0v) is 19.5. The summed E-state index contributed by atoms with van der Waals surface area (Å²) in [5.41, 5.74) is 5.59. The maximum absolute atomic E-state index is 12.9. The van der Waals surface area contributed by atoms with Gasteiger partial charge in [0, 0.05) is 23.0 Å². The Bertz CT molecular complexity index is 1200. The number of nitrogens with one attached hydrogen (secondary N) is 1. The molecule has 0 radical (unpaired) electrons. The van der Waals surface area contributed by atoms with Crippen molar-refractivity contribution < 1.29 is 4.79 Å². The monoisotopic (exact) mass is 445 g/mol. The van der Waals surface area contributed by atoms with Crippen LogP contribution in [0, 0.1) is 32.1 Å². The summed E-state index contributed by atoms with van der Waals surface area (Å²) >= 11 is 1.46. The van der Waals surface area contributed by atoms with Crippen molar-refractivity contribution in [3.63, 3.8) is 0 Å². The summed E-state index contributed by atoms with van der Waals surface area (Å²) in [7, 11) is 0. The van der Waals surface area contributed by atoms with Gasteiger partial charge in [-0.05, 0) is 75.2 Å². The Morgan fingerprint density at radius 3 is 2.53 bits per heavy atom. The minimum Gasteiger partial charge on any atom is -0.318 e. The molecule has 1 saturated carbocycles. The number of benzene rings is 1. The van der Waals surface area contributed by atoms with Crippen LogP contribution in [0.1, 0.15) is 54.6 Å². The molecule has 1 N–H and O–H groups in total. The molecule has 0 unspecified atom stereocenters. The van der Waals surface area contributed by atoms with Gasteiger partial charge in [0.05, 0.1) is 5.57 Å². The number of hydrogen-bond acceptors (Lipinski definition) is 4. The van der Waals surface area contributed by atoms with Gasteiger partial charge in [0.25, 0.3) is 5.91 Å². The van der Waals surface area contributed by atoms with Gasteiger partial charge in [-0.1, -0.05) is 37.0 Å². The van der Waals surface area contributed by atoms with E-state index in [1.54, 1.807) is 11.1 Å². The summed E-state index contributed by atoms with van der Waals surface area (Å²) in [6, 6.07) is 10.4. The molecule has 6 nitrogen and oxygen atoms in total. The molecular weight excluding hydrogens is 418 g/mol. The second-order valence-corrected chi connectivity index (χ2v) is 9.78. The van der Waals surface area contributed by atoms with Crippen LogP contribution in [0.5, 0.6) is 0 Å². The average molecular weight is 446 g/mol. The number of fused-ring (bicyclic) bond motifs is 1. The van der Waals surface area contributed by atoms with Crippen molar-refractivity contribution in [1.29, 1.82) is 5.41 Å². The number of amidine groups is 2. The Kier molecular flexibility index (Phi) is 5.37. The minimum atomic E-state index is -0.367. The Morgan fingerprint density at radius 2 is 1.81 bits per heavy atom. The van der Waals surface area contributed by atoms with E-state index in [9.17, 15) is 4.79 Å². The van der Waals surface area contributed by atoms with E-state index in [1.807, 2.05) is 6.92 Å². The van der Waals surface area contributed by atoms with Crippen molar-refractivity contribution in [2.45, 2.75) is 52.9 Å². The summed E-state index contributed by atoms with van der Waals surface area (Å²) < 4.78 is 2.17. The molecule has 0 bridgehead atoms. The molecule has 5 rings (SSSR count). The zero-order valence-electron chi connectivity index (χ0n) is 18.7. The van der Waals surface area contributed by atoms with E-state index in [2.05, 4.69) is 53.7 Å². The third kappa shape index (κ3) is 3.64. The number of aromatic nitrogens is 1. The number of rotatable bonds is 3. The van der Waals surface area contributed by atoms with Crippen molar-refractivity contribution in [2.24, 2.45) is 16.0 Å². The molecule has 2 aromatic rings. The van der Waals surface area contributed by atoms with Crippen LogP contribution in [0.25, 0.3) is 11.8 Å². The molecule has 0 spiro atoms. The SMILES string of the molecule is Cc1ccc(-n2c(C)cc(C=C3C(=N)N4N=C(C5CCCCC5)SC4=NC3=O)c2C)cc1. The normalized spacial score (nSPS) is 20.6. The van der Waals surface area contributed by atoms with Gasteiger partial charge in [0.15, 0.2) is 5.84 Å². The quantitative estimate of drug-likeness (QED) is 0.625. The first-order valence-corrected chi connectivity index (χ1v) is 12.0. The van der Waals surface area contributed by atoms with Gasteiger partial charge in [0.2, 0.25) is 5.17 Å². The maximum Gasteiger partial charge on any atom is 0.283 e. The highest BCUT2D eigenvalue weighted by molar-refractivity contribution is 8.27. The van der Waals surface area contributed by atoms with Crippen LogP contribution < -0.4 is 0 Å². The van der Waals surface area contributed by atoms with Gasteiger partial charge < -0.3 is 4.57 Å². The summed E-state index contributed by atoms with van der Waals surface area (Å²) in [6.07, 6.45) is 7.76. The van der Waals surface area contributed by atoms with Crippen LogP contribution in [-0.4, -0.2) is 31.5 Å². The Morgan fingerprint density at radius 1 is 1.09 bits per heavy atom. The van der Waals surface area contributed by atoms with Crippen LogP contribution in [0.4, 0.5) is 0 Å². The van der Waals surface area contributed by atoms with Crippen LogP contribution in [0.3, 0.4) is 0 Å². The van der Waals surface area contributed by atoms with Gasteiger partial charge in [-0.2, -0.15) is 15.1 Å². The van der Waals surface area contributed by atoms with Crippen molar-refractivity contribution in [1.82, 2.24) is 9.58 Å². The third-order valence-corrected chi connectivity index (χ3v) is 7.56. The highest BCUT2D eigenvalue weighted by atomic mass is 32.2. The summed E-state index contributed by atoms with van der Waals surface area (Å²) in [6.45, 7) is 6.16. The lowest BCUT2D eigenvalue weighted by molar-refractivity contribution is -0.114. The number of thioether (sulfide) groups is 1. The van der Waals surface area contributed by atoms with E-state index >= 15 is 0 Å². The number of carbonyl (C=O) groups is 1. The predicted octanol–water partition coefficient (Wildman–Crippen LogP) is 5.60. The summed E-state index contributed by atoms with van der Waals surface area (Å²) in [4.78, 5) is 17.1. The maximum atomic E-state index is 12.9. The highest BCUT2D eigenvalue weighted by Crippen LogP contribution is 2.36. The number of nitrogens with zero attached hydrogens (tertiary/aromatic N) is 4. The fourth-order valence-corrected chi connectivity index (χ4v) is 5.76. The van der Waals surface area contributed by atoms with Crippen LogP contribution in [0.15, 0.2) is 46.0 Å². The molecule has 1 aromatic carbocycles. The second-order valence-electron chi connectivity index (χ2n) is 8.79. The van der Waals surface area contributed by atoms with E-state index in [4.69, 9.17) is 10.5 Å². The number of amides is 1. The Hall–Kier alpha value is -2.93. The van der Waals surface area contributed by atoms with Crippen molar-refractivity contribution in [3.05, 3.63) is 58.4 Å². The largest absolute Gasteiger partial charge is 0.318 e. The number of hydrazone groups is 1. The molecule has 164 valence electrons. The first-order valence-electron chi connectivity index (χ1n) is 11.2. The molecule has 1 fully saturated rings. The van der Waals surface area contributed by atoms with Gasteiger partial charge in [-0.15, -0.1) is 0 Å². The van der Waals surface area contributed by atoms with Crippen molar-refractivity contribution in [2.75, 3.05) is 0 Å². The first kappa shape index (κ1) is 20.9. The third-order valence-electron chi connectivity index (χ3n) is 6.49. The van der Waals surface area contributed by atoms with Crippen molar-refractivity contribution in [3.8, 4) is 5.69 Å². The smallest absolute Gasteiger partial charge is 0.283 e. The molecule has 32 heavy (non-hydrogen) atoms. The number of aliphatic imine (C=N–C) groups is 1. The first-order chi connectivity index (χ1) is 15.4. The van der Waals surface area contributed by atoms with E-state index in [0.717, 1.165) is 40.5 Å². The summed E-state index contributed by atoms with van der Waals surface area (Å²) in [5, 5.41) is 16.5. The lowest BCUT2D eigenvalue weighted by Crippen LogP contribution is -2.35. The summed E-state index contributed by atoms with van der Waals surface area (Å²) in [5.74, 6) is 0.165. The minimum absolute atomic E-state index is 0.110. The lowest BCUT2D eigenvalue weighted by atomic mass is 9.90. The molecule has 0 atom stereocenters. The van der Waals surface area contributed by atoms with Crippen LogP contribution >= 0.6 is 11.8 Å². The molecule has 1 amide bonds. The number of aryl methyl sites for hydroxylation is 2. The lowest BCUT2D eigenvalue weighted by Gasteiger charge is -2.20. The molecule has 3 aliphatic rings. The average Bonchev–Trinajstić information content (AvgIpc) is 3.33. The molecule has 1 aliphatic carbocycles. The topological polar surface area (TPSA) is 73.8 Å². The van der Waals surface area contributed by atoms with E-state index in [-0.39, 0.29) is 17.3 Å². The number of hydrogen-bond donors (Lipinski definition) is 1. The Balaban J connectivity index is 1.47. The zero-order chi connectivity index (χ0) is 22.4. The molecular formula is C25H27N5OS. The highest BCUT2D eigenvalue weighted by Gasteiger charge is 2.38. The predicted molar refractivity (Wildman–Crippen MR) is 132 cm³/mol. The van der Waals surface area contributed by atoms with E-state index < -0.39 is 0 Å². The van der Waals surface area contributed by atoms with Crippen molar-refractivity contribution >= 4 is 39.8 Å². The fourth-order valence-electron chi connectivity index (χ4n) is 4.70. The van der Waals surface area contributed by atoms with Gasteiger partial charge in [-0.3, -0.25) is 10.2 Å². The van der Waals surface area contributed by atoms with Gasteiger partial charge in [0.1, 0.15) is 5.04 Å². The fraction of sp³-hybridized carbons (Fsp3) is 0.360. The van der Waals surface area contributed by atoms with E-state index in [1.165, 1.54) is 36.6 Å². The van der Waals surface area contributed by atoms with Crippen LogP contribution in [0.2, 0.25) is 0 Å². The van der Waals surface area contributed by atoms with Gasteiger partial charge >= 0.3 is 0 Å². The molecule has 2 aliphatic heterocycles. The molecule has 3 heterocycles. The van der Waals surface area contributed by atoms with Gasteiger partial charge in [-0.25, -0.2) is 0 Å². The van der Waals surface area contributed by atoms with E-state index in [0.29, 0.717) is 11.1 Å². The second kappa shape index (κ2) is 8.20. The molecule has 1 aromatic heterocycles. The molecule has 7 heteroatoms. The standard InChI is InChI=1S/C25H27N5OS/c1-15-9-11-20(12-10-15)29-16(2)13-19(17(29)3)14-21-22(26)30-25(27-23(21)31)32-24(28-30)18-7-5-4-6-8-18/h9-14,18,26H,4-8H2,1-3H3. The molecule has 0 saturated heterocycles. The number of carbonyl (C=O) groups excluding carboxylic acids is 1. The van der Waals surface area contributed by atoms with Crippen LogP contribution in [-0.2, 0) is 4.79 Å².